The molecule has 1 unspecified atom stereocenters. The number of thiophene rings is 1. The molecule has 0 radical (unpaired) electrons. The zero-order valence-corrected chi connectivity index (χ0v) is 10.1. The molecule has 84 valence electrons. The van der Waals surface area contributed by atoms with Crippen LogP contribution in [0.5, 0.6) is 0 Å². The van der Waals surface area contributed by atoms with Gasteiger partial charge in [0.25, 0.3) is 0 Å². The van der Waals surface area contributed by atoms with Crippen LogP contribution in [-0.2, 0) is 10.0 Å². The summed E-state index contributed by atoms with van der Waals surface area (Å²) in [4.78, 5) is 1.10. The highest BCUT2D eigenvalue weighted by Crippen LogP contribution is 2.27. The maximum atomic E-state index is 11.6. The highest BCUT2D eigenvalue weighted by atomic mass is 32.2. The molecule has 4 nitrogen and oxygen atoms in total. The molecular weight excluding hydrogens is 232 g/mol. The summed E-state index contributed by atoms with van der Waals surface area (Å²) in [5.74, 6) is 0. The molecule has 15 heavy (non-hydrogen) atoms. The monoisotopic (exact) mass is 246 g/mol. The summed E-state index contributed by atoms with van der Waals surface area (Å²) in [5.41, 5.74) is 0. The molecule has 0 amide bonds. The third kappa shape index (κ3) is 2.39. The molecule has 1 aromatic rings. The molecule has 1 aromatic heterocycles. The van der Waals surface area contributed by atoms with E-state index in [4.69, 9.17) is 0 Å². The topological polar surface area (TPSA) is 49.4 Å². The molecule has 1 fully saturated rings. The summed E-state index contributed by atoms with van der Waals surface area (Å²) in [5, 5.41) is 5.20. The van der Waals surface area contributed by atoms with Crippen molar-refractivity contribution in [3.05, 3.63) is 22.4 Å². The van der Waals surface area contributed by atoms with Gasteiger partial charge < -0.3 is 5.32 Å². The van der Waals surface area contributed by atoms with Gasteiger partial charge in [0, 0.05) is 24.5 Å². The summed E-state index contributed by atoms with van der Waals surface area (Å²) in [6, 6.07) is 3.91. The Morgan fingerprint density at radius 3 is 3.00 bits per heavy atom. The van der Waals surface area contributed by atoms with Crippen molar-refractivity contribution in [1.82, 2.24) is 9.62 Å². The number of nitrogens with one attached hydrogen (secondary N) is 1. The van der Waals surface area contributed by atoms with E-state index in [-0.39, 0.29) is 6.04 Å². The maximum Gasteiger partial charge on any atom is 0.211 e. The van der Waals surface area contributed by atoms with Crippen molar-refractivity contribution in [2.24, 2.45) is 0 Å². The average Bonchev–Trinajstić information content (AvgIpc) is 2.69. The number of hydrogen-bond donors (Lipinski definition) is 1. The molecular formula is C9H14N2O2S2. The number of rotatable bonds is 2. The highest BCUT2D eigenvalue weighted by Gasteiger charge is 2.30. The number of nitrogens with zero attached hydrogens (tertiary/aromatic N) is 1. The van der Waals surface area contributed by atoms with E-state index in [9.17, 15) is 8.42 Å². The first-order valence-corrected chi connectivity index (χ1v) is 7.53. The van der Waals surface area contributed by atoms with Crippen molar-refractivity contribution in [2.45, 2.75) is 6.04 Å². The van der Waals surface area contributed by atoms with E-state index in [0.717, 1.165) is 11.4 Å². The molecule has 2 heterocycles. The Balaban J connectivity index is 2.28. The fourth-order valence-electron chi connectivity index (χ4n) is 1.81. The lowest BCUT2D eigenvalue weighted by Gasteiger charge is -2.33. The van der Waals surface area contributed by atoms with E-state index in [1.807, 2.05) is 17.5 Å². The van der Waals surface area contributed by atoms with E-state index in [2.05, 4.69) is 5.32 Å². The Labute approximate surface area is 94.0 Å². The van der Waals surface area contributed by atoms with Gasteiger partial charge in [-0.05, 0) is 11.4 Å². The lowest BCUT2D eigenvalue weighted by Crippen LogP contribution is -2.47. The molecule has 0 aromatic carbocycles. The zero-order valence-electron chi connectivity index (χ0n) is 8.51. The second-order valence-electron chi connectivity index (χ2n) is 3.61. The van der Waals surface area contributed by atoms with Crippen molar-refractivity contribution in [2.75, 3.05) is 25.9 Å². The molecule has 1 N–H and O–H groups in total. The standard InChI is InChI=1S/C9H14N2O2S2/c1-15(12,13)11-5-4-10-7-8(11)9-3-2-6-14-9/h2-3,6,8,10H,4-5,7H2,1H3. The third-order valence-electron chi connectivity index (χ3n) is 2.49. The predicted octanol–water partition coefficient (Wildman–Crippen LogP) is 0.654. The summed E-state index contributed by atoms with van der Waals surface area (Å²) in [6.07, 6.45) is 1.28. The van der Waals surface area contributed by atoms with Gasteiger partial charge in [0.1, 0.15) is 0 Å². The van der Waals surface area contributed by atoms with Gasteiger partial charge in [-0.15, -0.1) is 11.3 Å². The van der Waals surface area contributed by atoms with Crippen LogP contribution >= 0.6 is 11.3 Å². The Kier molecular flexibility index (Phi) is 3.11. The van der Waals surface area contributed by atoms with Gasteiger partial charge >= 0.3 is 0 Å². The fourth-order valence-corrected chi connectivity index (χ4v) is 3.79. The minimum Gasteiger partial charge on any atom is -0.313 e. The second-order valence-corrected chi connectivity index (χ2v) is 6.52. The van der Waals surface area contributed by atoms with E-state index in [0.29, 0.717) is 13.1 Å². The number of sulfonamides is 1. The summed E-state index contributed by atoms with van der Waals surface area (Å²) in [6.45, 7) is 1.99. The summed E-state index contributed by atoms with van der Waals surface area (Å²) in [7, 11) is -3.10. The first-order chi connectivity index (χ1) is 7.09. The predicted molar refractivity (Wildman–Crippen MR) is 61.5 cm³/mol. The van der Waals surface area contributed by atoms with Gasteiger partial charge in [-0.2, -0.15) is 4.31 Å². The number of hydrogen-bond acceptors (Lipinski definition) is 4. The van der Waals surface area contributed by atoms with Gasteiger partial charge in [-0.3, -0.25) is 0 Å². The van der Waals surface area contributed by atoms with Crippen LogP contribution in [-0.4, -0.2) is 38.6 Å². The molecule has 2 rings (SSSR count). The zero-order chi connectivity index (χ0) is 10.9. The minimum atomic E-state index is -3.10. The lowest BCUT2D eigenvalue weighted by atomic mass is 10.2. The van der Waals surface area contributed by atoms with Crippen LogP contribution in [0, 0.1) is 0 Å². The molecule has 1 aliphatic heterocycles. The summed E-state index contributed by atoms with van der Waals surface area (Å²) < 4.78 is 24.8. The molecule has 1 saturated heterocycles. The van der Waals surface area contributed by atoms with Gasteiger partial charge in [0.15, 0.2) is 0 Å². The van der Waals surface area contributed by atoms with Crippen molar-refractivity contribution >= 4 is 21.4 Å². The van der Waals surface area contributed by atoms with Crippen LogP contribution in [0.4, 0.5) is 0 Å². The Bertz CT molecular complexity index is 413. The molecule has 6 heteroatoms. The van der Waals surface area contributed by atoms with E-state index >= 15 is 0 Å². The molecule has 1 atom stereocenters. The normalized spacial score (nSPS) is 24.2. The maximum absolute atomic E-state index is 11.6. The average molecular weight is 246 g/mol. The van der Waals surface area contributed by atoms with Crippen LogP contribution in [0.15, 0.2) is 17.5 Å². The molecule has 0 aliphatic carbocycles. The quantitative estimate of drug-likeness (QED) is 0.834. The van der Waals surface area contributed by atoms with Crippen LogP contribution in [0.2, 0.25) is 0 Å². The van der Waals surface area contributed by atoms with Gasteiger partial charge in [0.2, 0.25) is 10.0 Å². The number of piperazine rings is 1. The first kappa shape index (κ1) is 11.1. The van der Waals surface area contributed by atoms with Crippen molar-refractivity contribution < 1.29 is 8.42 Å². The largest absolute Gasteiger partial charge is 0.313 e. The molecule has 1 aliphatic rings. The second kappa shape index (κ2) is 4.21. The lowest BCUT2D eigenvalue weighted by molar-refractivity contribution is 0.276. The Morgan fingerprint density at radius 1 is 1.60 bits per heavy atom. The van der Waals surface area contributed by atoms with Gasteiger partial charge in [-0.1, -0.05) is 6.07 Å². The van der Waals surface area contributed by atoms with Crippen molar-refractivity contribution in [3.8, 4) is 0 Å². The SMILES string of the molecule is CS(=O)(=O)N1CCNCC1c1cccs1. The molecule has 0 bridgehead atoms. The van der Waals surface area contributed by atoms with Crippen molar-refractivity contribution in [3.63, 3.8) is 0 Å². The van der Waals surface area contributed by atoms with E-state index in [1.54, 1.807) is 15.6 Å². The smallest absolute Gasteiger partial charge is 0.211 e. The fraction of sp³-hybridized carbons (Fsp3) is 0.556. The minimum absolute atomic E-state index is 0.0336. The molecule has 0 saturated carbocycles. The summed E-state index contributed by atoms with van der Waals surface area (Å²) >= 11 is 1.60. The van der Waals surface area contributed by atoms with Crippen LogP contribution in [0.3, 0.4) is 0 Å². The van der Waals surface area contributed by atoms with Crippen LogP contribution in [0.25, 0.3) is 0 Å². The van der Waals surface area contributed by atoms with Crippen LogP contribution < -0.4 is 5.32 Å². The van der Waals surface area contributed by atoms with Gasteiger partial charge in [-0.25, -0.2) is 8.42 Å². The van der Waals surface area contributed by atoms with Crippen LogP contribution in [0.1, 0.15) is 10.9 Å². The third-order valence-corrected chi connectivity index (χ3v) is 4.75. The van der Waals surface area contributed by atoms with Gasteiger partial charge in [0.05, 0.1) is 12.3 Å². The Hall–Kier alpha value is -0.430. The first-order valence-electron chi connectivity index (χ1n) is 4.80. The van der Waals surface area contributed by atoms with Crippen molar-refractivity contribution in [1.29, 1.82) is 0 Å². The van der Waals surface area contributed by atoms with E-state index in [1.165, 1.54) is 6.26 Å². The Morgan fingerprint density at radius 2 is 2.40 bits per heavy atom. The van der Waals surface area contributed by atoms with E-state index < -0.39 is 10.0 Å². The highest BCUT2D eigenvalue weighted by molar-refractivity contribution is 7.88. The molecule has 0 spiro atoms.